The Labute approximate surface area is 171 Å². The normalized spacial score (nSPS) is 14.2. The summed E-state index contributed by atoms with van der Waals surface area (Å²) in [5, 5.41) is 10.3. The lowest BCUT2D eigenvalue weighted by atomic mass is 10.2. The van der Waals surface area contributed by atoms with E-state index >= 15 is 0 Å². The van der Waals surface area contributed by atoms with Crippen molar-refractivity contribution in [1.29, 1.82) is 0 Å². The monoisotopic (exact) mass is 414 g/mol. The van der Waals surface area contributed by atoms with E-state index in [1.807, 2.05) is 6.07 Å². The van der Waals surface area contributed by atoms with Gasteiger partial charge in [-0.2, -0.15) is 0 Å². The first kappa shape index (κ1) is 20.9. The van der Waals surface area contributed by atoms with Crippen molar-refractivity contribution in [2.24, 2.45) is 9.98 Å². The summed E-state index contributed by atoms with van der Waals surface area (Å²) in [5.41, 5.74) is 1.99. The quantitative estimate of drug-likeness (QED) is 0.679. The molecule has 1 aliphatic heterocycles. The van der Waals surface area contributed by atoms with Crippen molar-refractivity contribution in [3.63, 3.8) is 0 Å². The van der Waals surface area contributed by atoms with Gasteiger partial charge in [0.25, 0.3) is 10.0 Å². The van der Waals surface area contributed by atoms with Crippen molar-refractivity contribution in [1.82, 2.24) is 4.72 Å². The Morgan fingerprint density at radius 1 is 1.21 bits per heavy atom. The van der Waals surface area contributed by atoms with Crippen molar-refractivity contribution in [2.45, 2.75) is 31.6 Å². The standard InChI is InChI=1S/C21H26N4O3S/c1-3-25(4-2)18-11-10-16(20(26)14-18)15-23-17-7-5-8-19(13-17)29(27,28)24-21-9-6-12-22-21/h5,7-8,10-11,13-15,26H,3-4,6,9,12H2,1-2H3,(H,22,24). The summed E-state index contributed by atoms with van der Waals surface area (Å²) in [4.78, 5) is 10.8. The topological polar surface area (TPSA) is 94.4 Å². The van der Waals surface area contributed by atoms with E-state index in [0.717, 1.165) is 25.2 Å². The van der Waals surface area contributed by atoms with Gasteiger partial charge in [0.2, 0.25) is 0 Å². The van der Waals surface area contributed by atoms with E-state index in [2.05, 4.69) is 33.5 Å². The molecular weight excluding hydrogens is 388 g/mol. The van der Waals surface area contributed by atoms with Gasteiger partial charge in [-0.05, 0) is 50.6 Å². The molecule has 2 N–H and O–H groups in total. The minimum absolute atomic E-state index is 0.128. The molecule has 0 fully saturated rings. The highest BCUT2D eigenvalue weighted by Crippen LogP contribution is 2.25. The smallest absolute Gasteiger partial charge is 0.262 e. The number of hydrogen-bond acceptors (Lipinski definition) is 6. The average Bonchev–Trinajstić information content (AvgIpc) is 3.21. The van der Waals surface area contributed by atoms with E-state index in [1.54, 1.807) is 24.3 Å². The lowest BCUT2D eigenvalue weighted by Gasteiger charge is -2.21. The van der Waals surface area contributed by atoms with Gasteiger partial charge in [0, 0.05) is 49.6 Å². The lowest BCUT2D eigenvalue weighted by molar-refractivity contribution is 0.474. The first-order chi connectivity index (χ1) is 13.9. The fraction of sp³-hybridized carbons (Fsp3) is 0.333. The molecule has 0 atom stereocenters. The van der Waals surface area contributed by atoms with E-state index in [0.29, 0.717) is 30.1 Å². The Morgan fingerprint density at radius 3 is 2.66 bits per heavy atom. The number of benzene rings is 2. The summed E-state index contributed by atoms with van der Waals surface area (Å²) in [6.45, 7) is 6.48. The number of sulfonamides is 1. The molecule has 29 heavy (non-hydrogen) atoms. The number of aromatic hydroxyl groups is 1. The van der Waals surface area contributed by atoms with Gasteiger partial charge in [0.1, 0.15) is 11.6 Å². The van der Waals surface area contributed by atoms with E-state index < -0.39 is 10.0 Å². The van der Waals surface area contributed by atoms with E-state index in [4.69, 9.17) is 0 Å². The molecule has 2 aromatic rings. The maximum Gasteiger partial charge on any atom is 0.262 e. The largest absolute Gasteiger partial charge is 0.507 e. The van der Waals surface area contributed by atoms with Crippen LogP contribution in [0.15, 0.2) is 57.3 Å². The van der Waals surface area contributed by atoms with Crippen LogP contribution in [0.3, 0.4) is 0 Å². The van der Waals surface area contributed by atoms with Gasteiger partial charge in [0.15, 0.2) is 0 Å². The number of rotatable bonds is 7. The first-order valence-corrected chi connectivity index (χ1v) is 11.2. The Balaban J connectivity index is 1.78. The van der Waals surface area contributed by atoms with Crippen molar-refractivity contribution in [3.05, 3.63) is 48.0 Å². The Morgan fingerprint density at radius 2 is 2.00 bits per heavy atom. The predicted octanol–water partition coefficient (Wildman–Crippen LogP) is 3.46. The number of anilines is 1. The second-order valence-electron chi connectivity index (χ2n) is 6.71. The molecule has 0 spiro atoms. The zero-order chi connectivity index (χ0) is 20.9. The van der Waals surface area contributed by atoms with Gasteiger partial charge >= 0.3 is 0 Å². The number of amidine groups is 1. The number of aliphatic imine (C=N–C) groups is 2. The number of hydrogen-bond donors (Lipinski definition) is 2. The minimum atomic E-state index is -3.69. The summed E-state index contributed by atoms with van der Waals surface area (Å²) in [7, 11) is -3.69. The van der Waals surface area contributed by atoms with Crippen molar-refractivity contribution < 1.29 is 13.5 Å². The summed E-state index contributed by atoms with van der Waals surface area (Å²) in [5.74, 6) is 0.625. The van der Waals surface area contributed by atoms with Crippen LogP contribution in [0.5, 0.6) is 5.75 Å². The third-order valence-corrected chi connectivity index (χ3v) is 6.13. The number of phenolic OH excluding ortho intramolecular Hbond substituents is 1. The molecule has 0 saturated carbocycles. The number of phenols is 1. The molecule has 0 aliphatic carbocycles. The van der Waals surface area contributed by atoms with Gasteiger partial charge in [-0.3, -0.25) is 14.7 Å². The maximum absolute atomic E-state index is 12.5. The van der Waals surface area contributed by atoms with Crippen LogP contribution in [0.2, 0.25) is 0 Å². The van der Waals surface area contributed by atoms with Crippen LogP contribution >= 0.6 is 0 Å². The zero-order valence-corrected chi connectivity index (χ0v) is 17.5. The summed E-state index contributed by atoms with van der Waals surface area (Å²) >= 11 is 0. The number of nitrogens with zero attached hydrogens (tertiary/aromatic N) is 3. The summed E-state index contributed by atoms with van der Waals surface area (Å²) < 4.78 is 27.6. The third kappa shape index (κ3) is 5.14. The van der Waals surface area contributed by atoms with Gasteiger partial charge in [-0.15, -0.1) is 0 Å². The van der Waals surface area contributed by atoms with Crippen molar-refractivity contribution in [2.75, 3.05) is 24.5 Å². The molecule has 0 radical (unpaired) electrons. The molecular formula is C21H26N4O3S. The van der Waals surface area contributed by atoms with Crippen LogP contribution in [0.4, 0.5) is 11.4 Å². The average molecular weight is 415 g/mol. The van der Waals surface area contributed by atoms with Crippen LogP contribution in [0.1, 0.15) is 32.3 Å². The van der Waals surface area contributed by atoms with E-state index in [-0.39, 0.29) is 10.6 Å². The second kappa shape index (κ2) is 9.09. The van der Waals surface area contributed by atoms with E-state index in [9.17, 15) is 13.5 Å². The van der Waals surface area contributed by atoms with Gasteiger partial charge in [-0.25, -0.2) is 8.42 Å². The van der Waals surface area contributed by atoms with Crippen LogP contribution in [-0.4, -0.2) is 45.2 Å². The van der Waals surface area contributed by atoms with Gasteiger partial charge in [-0.1, -0.05) is 6.07 Å². The fourth-order valence-corrected chi connectivity index (χ4v) is 4.27. The molecule has 1 heterocycles. The van der Waals surface area contributed by atoms with Gasteiger partial charge in [0.05, 0.1) is 10.6 Å². The van der Waals surface area contributed by atoms with Gasteiger partial charge < -0.3 is 10.0 Å². The molecule has 8 heteroatoms. The first-order valence-electron chi connectivity index (χ1n) is 9.71. The highest BCUT2D eigenvalue weighted by molar-refractivity contribution is 7.90. The Kier molecular flexibility index (Phi) is 6.53. The number of nitrogens with one attached hydrogen (secondary N) is 1. The Hall–Kier alpha value is -2.87. The predicted molar refractivity (Wildman–Crippen MR) is 117 cm³/mol. The molecule has 7 nitrogen and oxygen atoms in total. The van der Waals surface area contributed by atoms with Crippen molar-refractivity contribution in [3.8, 4) is 5.75 Å². The SMILES string of the molecule is CCN(CC)c1ccc(C=Nc2cccc(S(=O)(=O)NC3=NCCC3)c2)c(O)c1. The molecule has 0 bridgehead atoms. The minimum Gasteiger partial charge on any atom is -0.507 e. The van der Waals surface area contributed by atoms with Crippen molar-refractivity contribution >= 4 is 33.4 Å². The second-order valence-corrected chi connectivity index (χ2v) is 8.39. The third-order valence-electron chi connectivity index (χ3n) is 4.75. The summed E-state index contributed by atoms with van der Waals surface area (Å²) in [6.07, 6.45) is 3.03. The van der Waals surface area contributed by atoms with E-state index in [1.165, 1.54) is 18.3 Å². The molecule has 154 valence electrons. The highest BCUT2D eigenvalue weighted by atomic mass is 32.2. The highest BCUT2D eigenvalue weighted by Gasteiger charge is 2.18. The zero-order valence-electron chi connectivity index (χ0n) is 16.7. The van der Waals surface area contributed by atoms with Crippen LogP contribution < -0.4 is 9.62 Å². The molecule has 0 amide bonds. The lowest BCUT2D eigenvalue weighted by Crippen LogP contribution is -2.29. The van der Waals surface area contributed by atoms with Crippen LogP contribution in [-0.2, 0) is 10.0 Å². The van der Waals surface area contributed by atoms with Crippen LogP contribution in [0, 0.1) is 0 Å². The summed E-state index contributed by atoms with van der Waals surface area (Å²) in [6, 6.07) is 11.8. The molecule has 0 aromatic heterocycles. The molecule has 3 rings (SSSR count). The molecule has 0 unspecified atom stereocenters. The molecule has 2 aromatic carbocycles. The maximum atomic E-state index is 12.5. The Bertz CT molecular complexity index is 1030. The molecule has 1 aliphatic rings. The molecule has 0 saturated heterocycles. The fourth-order valence-electron chi connectivity index (χ4n) is 3.14. The van der Waals surface area contributed by atoms with Crippen LogP contribution in [0.25, 0.3) is 0 Å².